The lowest BCUT2D eigenvalue weighted by molar-refractivity contribution is -0.127. The summed E-state index contributed by atoms with van der Waals surface area (Å²) in [6.45, 7) is 1.68. The van der Waals surface area contributed by atoms with Gasteiger partial charge in [-0.25, -0.2) is 4.39 Å². The Kier molecular flexibility index (Phi) is 7.04. The number of carbonyl (C=O) groups excluding carboxylic acids is 1. The van der Waals surface area contributed by atoms with Gasteiger partial charge in [-0.15, -0.1) is 0 Å². The molecule has 7 heteroatoms. The average Bonchev–Trinajstić information content (AvgIpc) is 2.63. The topological polar surface area (TPSA) is 74.4 Å². The Morgan fingerprint density at radius 1 is 1.16 bits per heavy atom. The Hall–Kier alpha value is -0.760. The monoisotopic (exact) mass is 356 g/mol. The number of methoxy groups -OCH3 is 1. The third kappa shape index (κ3) is 5.61. The van der Waals surface area contributed by atoms with Crippen molar-refractivity contribution >= 4 is 5.91 Å². The number of carbonyl (C=O) groups is 1. The first-order valence-corrected chi connectivity index (χ1v) is 9.84. The van der Waals surface area contributed by atoms with Gasteiger partial charge in [0.2, 0.25) is 5.91 Å². The molecule has 144 valence electrons. The second-order valence-corrected chi connectivity index (χ2v) is 7.86. The zero-order chi connectivity index (χ0) is 17.6. The molecule has 0 spiro atoms. The molecular formula is C18H33FN4O2. The van der Waals surface area contributed by atoms with Gasteiger partial charge in [0.25, 0.3) is 0 Å². The van der Waals surface area contributed by atoms with Gasteiger partial charge in [0.1, 0.15) is 6.17 Å². The molecule has 0 aromatic carbocycles. The molecule has 2 heterocycles. The lowest BCUT2D eigenvalue weighted by Crippen LogP contribution is -2.61. The van der Waals surface area contributed by atoms with Crippen molar-refractivity contribution < 1.29 is 13.9 Å². The predicted molar refractivity (Wildman–Crippen MR) is 94.5 cm³/mol. The fourth-order valence-electron chi connectivity index (χ4n) is 4.46. The minimum Gasteiger partial charge on any atom is -0.353 e. The van der Waals surface area contributed by atoms with Crippen molar-refractivity contribution in [2.45, 2.75) is 76.1 Å². The van der Waals surface area contributed by atoms with Crippen LogP contribution in [0.15, 0.2) is 0 Å². The molecule has 2 aliphatic heterocycles. The normalized spacial score (nSPS) is 39.8. The van der Waals surface area contributed by atoms with Crippen molar-refractivity contribution in [1.82, 2.24) is 21.3 Å². The average molecular weight is 356 g/mol. The Morgan fingerprint density at radius 2 is 2.04 bits per heavy atom. The molecule has 3 rings (SSSR count). The molecule has 25 heavy (non-hydrogen) atoms. The van der Waals surface area contributed by atoms with E-state index in [1.54, 1.807) is 7.11 Å². The molecule has 3 fully saturated rings. The van der Waals surface area contributed by atoms with Gasteiger partial charge in [0.15, 0.2) is 6.35 Å². The van der Waals surface area contributed by atoms with E-state index in [0.717, 1.165) is 58.0 Å². The van der Waals surface area contributed by atoms with Crippen LogP contribution < -0.4 is 21.3 Å². The van der Waals surface area contributed by atoms with E-state index >= 15 is 0 Å². The SMILES string of the molecule is COC1NCCC(C(=O)NC2CCC(CC3CCCC(F)C3)CN2)N1. The summed E-state index contributed by atoms with van der Waals surface area (Å²) >= 11 is 0. The van der Waals surface area contributed by atoms with Crippen LogP contribution in [0.4, 0.5) is 4.39 Å². The molecular weight excluding hydrogens is 323 g/mol. The number of hydrogen-bond donors (Lipinski definition) is 4. The van der Waals surface area contributed by atoms with Crippen LogP contribution in [0.25, 0.3) is 0 Å². The summed E-state index contributed by atoms with van der Waals surface area (Å²) in [5, 5.41) is 12.9. The molecule has 6 nitrogen and oxygen atoms in total. The van der Waals surface area contributed by atoms with Gasteiger partial charge in [-0.1, -0.05) is 12.8 Å². The first-order chi connectivity index (χ1) is 12.1. The Balaban J connectivity index is 1.36. The third-order valence-electron chi connectivity index (χ3n) is 5.89. The number of hydrogen-bond acceptors (Lipinski definition) is 5. The zero-order valence-corrected chi connectivity index (χ0v) is 15.2. The predicted octanol–water partition coefficient (Wildman–Crippen LogP) is 1.23. The Morgan fingerprint density at radius 3 is 2.76 bits per heavy atom. The first kappa shape index (κ1) is 19.0. The van der Waals surface area contributed by atoms with Crippen molar-refractivity contribution in [3.63, 3.8) is 0 Å². The maximum Gasteiger partial charge on any atom is 0.238 e. The summed E-state index contributed by atoms with van der Waals surface area (Å²) in [6, 6.07) is -0.213. The molecule has 0 aromatic rings. The second kappa shape index (κ2) is 9.26. The van der Waals surface area contributed by atoms with Gasteiger partial charge in [-0.3, -0.25) is 20.7 Å². The minimum absolute atomic E-state index is 0.0343. The number of halogens is 1. The number of nitrogens with one attached hydrogen (secondary N) is 4. The lowest BCUT2D eigenvalue weighted by atomic mass is 9.80. The van der Waals surface area contributed by atoms with Crippen LogP contribution in [0.5, 0.6) is 0 Å². The van der Waals surface area contributed by atoms with E-state index in [1.165, 1.54) is 6.42 Å². The van der Waals surface area contributed by atoms with Crippen LogP contribution in [0.3, 0.4) is 0 Å². The summed E-state index contributed by atoms with van der Waals surface area (Å²) in [7, 11) is 1.62. The first-order valence-electron chi connectivity index (χ1n) is 9.84. The molecule has 0 radical (unpaired) electrons. The highest BCUT2D eigenvalue weighted by atomic mass is 19.1. The van der Waals surface area contributed by atoms with Gasteiger partial charge >= 0.3 is 0 Å². The van der Waals surface area contributed by atoms with Gasteiger partial charge < -0.3 is 10.1 Å². The molecule has 0 bridgehead atoms. The van der Waals surface area contributed by atoms with Gasteiger partial charge in [0.05, 0.1) is 12.2 Å². The lowest BCUT2D eigenvalue weighted by Gasteiger charge is -2.35. The largest absolute Gasteiger partial charge is 0.353 e. The van der Waals surface area contributed by atoms with Crippen LogP contribution >= 0.6 is 0 Å². The van der Waals surface area contributed by atoms with E-state index in [2.05, 4.69) is 21.3 Å². The molecule has 1 amide bonds. The van der Waals surface area contributed by atoms with Crippen molar-refractivity contribution in [1.29, 1.82) is 0 Å². The molecule has 2 saturated heterocycles. The van der Waals surface area contributed by atoms with Crippen LogP contribution in [0, 0.1) is 11.8 Å². The third-order valence-corrected chi connectivity index (χ3v) is 5.89. The molecule has 4 N–H and O–H groups in total. The molecule has 3 aliphatic rings. The number of amides is 1. The molecule has 6 atom stereocenters. The van der Waals surface area contributed by atoms with Gasteiger partial charge in [-0.2, -0.15) is 0 Å². The van der Waals surface area contributed by atoms with Gasteiger partial charge in [-0.05, 0) is 56.9 Å². The molecule has 1 saturated carbocycles. The molecule has 0 aromatic heterocycles. The van der Waals surface area contributed by atoms with Gasteiger partial charge in [0, 0.05) is 13.7 Å². The zero-order valence-electron chi connectivity index (χ0n) is 15.2. The maximum atomic E-state index is 13.5. The summed E-state index contributed by atoms with van der Waals surface area (Å²) in [6.07, 6.45) is 6.84. The summed E-state index contributed by atoms with van der Waals surface area (Å²) < 4.78 is 18.8. The van der Waals surface area contributed by atoms with Crippen molar-refractivity contribution in [3.8, 4) is 0 Å². The van der Waals surface area contributed by atoms with Crippen molar-refractivity contribution in [3.05, 3.63) is 0 Å². The number of ether oxygens (including phenoxy) is 1. The summed E-state index contributed by atoms with van der Waals surface area (Å²) in [4.78, 5) is 12.4. The quantitative estimate of drug-likeness (QED) is 0.596. The maximum absolute atomic E-state index is 13.5. The van der Waals surface area contributed by atoms with Crippen LogP contribution in [0.1, 0.15) is 51.4 Å². The van der Waals surface area contributed by atoms with Crippen LogP contribution in [-0.2, 0) is 9.53 Å². The van der Waals surface area contributed by atoms with E-state index < -0.39 is 6.17 Å². The fourth-order valence-corrected chi connectivity index (χ4v) is 4.46. The van der Waals surface area contributed by atoms with E-state index in [1.807, 2.05) is 0 Å². The molecule has 1 aliphatic carbocycles. The van der Waals surface area contributed by atoms with Crippen LogP contribution in [0.2, 0.25) is 0 Å². The smallest absolute Gasteiger partial charge is 0.238 e. The second-order valence-electron chi connectivity index (χ2n) is 7.86. The molecule has 6 unspecified atom stereocenters. The number of rotatable bonds is 5. The number of piperidine rings is 1. The van der Waals surface area contributed by atoms with Crippen LogP contribution in [-0.4, -0.2) is 50.8 Å². The Bertz CT molecular complexity index is 431. The highest BCUT2D eigenvalue weighted by Crippen LogP contribution is 2.33. The highest BCUT2D eigenvalue weighted by molar-refractivity contribution is 5.82. The summed E-state index contributed by atoms with van der Waals surface area (Å²) in [5.41, 5.74) is 0. The van der Waals surface area contributed by atoms with Crippen molar-refractivity contribution in [2.75, 3.05) is 20.2 Å². The minimum atomic E-state index is -0.587. The van der Waals surface area contributed by atoms with E-state index in [0.29, 0.717) is 11.8 Å². The van der Waals surface area contributed by atoms with E-state index in [-0.39, 0.29) is 24.5 Å². The van der Waals surface area contributed by atoms with E-state index in [9.17, 15) is 9.18 Å². The van der Waals surface area contributed by atoms with Crippen molar-refractivity contribution in [2.24, 2.45) is 11.8 Å². The summed E-state index contributed by atoms with van der Waals surface area (Å²) in [5.74, 6) is 1.19. The van der Waals surface area contributed by atoms with E-state index in [4.69, 9.17) is 4.74 Å². The highest BCUT2D eigenvalue weighted by Gasteiger charge is 2.30. The Labute approximate surface area is 150 Å². The number of alkyl halides is 1. The standard InChI is InChI=1S/C18H33FN4O2/c1-25-18-20-8-7-15(22-18)17(24)23-16-6-5-13(11-21-16)9-12-3-2-4-14(19)10-12/h12-16,18,20-22H,2-11H2,1H3,(H,23,24). The fraction of sp³-hybridized carbons (Fsp3) is 0.944.